The maximum Gasteiger partial charge on any atom is 0.232 e. The molecule has 1 fully saturated rings. The van der Waals surface area contributed by atoms with Crippen molar-refractivity contribution in [3.05, 3.63) is 58.7 Å². The molecule has 2 heterocycles. The number of benzene rings is 2. The van der Waals surface area contributed by atoms with Crippen molar-refractivity contribution in [3.8, 4) is 22.9 Å². The molecule has 0 aliphatic carbocycles. The van der Waals surface area contributed by atoms with Crippen LogP contribution in [-0.2, 0) is 4.79 Å². The summed E-state index contributed by atoms with van der Waals surface area (Å²) in [7, 11) is 3.15. The van der Waals surface area contributed by atoms with Gasteiger partial charge >= 0.3 is 0 Å². The molecule has 2 atom stereocenters. The fraction of sp³-hybridized carbons (Fsp3) is 0.318. The van der Waals surface area contributed by atoms with E-state index in [1.54, 1.807) is 25.2 Å². The van der Waals surface area contributed by atoms with Gasteiger partial charge in [0, 0.05) is 18.5 Å². The van der Waals surface area contributed by atoms with Crippen LogP contribution in [0.5, 0.6) is 11.5 Å². The van der Waals surface area contributed by atoms with Crippen LogP contribution < -0.4 is 9.47 Å². The third kappa shape index (κ3) is 4.07. The molecule has 31 heavy (non-hydrogen) atoms. The zero-order valence-corrected chi connectivity index (χ0v) is 18.0. The maximum absolute atomic E-state index is 13.7. The maximum atomic E-state index is 13.7. The van der Waals surface area contributed by atoms with Gasteiger partial charge in [0.05, 0.1) is 31.2 Å². The summed E-state index contributed by atoms with van der Waals surface area (Å²) in [6.07, 6.45) is 0.258. The van der Waals surface area contributed by atoms with Crippen molar-refractivity contribution >= 4 is 17.5 Å². The van der Waals surface area contributed by atoms with Crippen LogP contribution >= 0.6 is 11.6 Å². The number of carbonyl (C=O) groups is 1. The average Bonchev–Trinajstić information content (AvgIpc) is 3.41. The Morgan fingerprint density at radius 1 is 1.19 bits per heavy atom. The molecule has 7 nitrogen and oxygen atoms in total. The molecule has 1 amide bonds. The summed E-state index contributed by atoms with van der Waals surface area (Å²) in [5.41, 5.74) is 1.38. The van der Waals surface area contributed by atoms with Crippen LogP contribution in [0.1, 0.15) is 36.8 Å². The van der Waals surface area contributed by atoms with Crippen LogP contribution in [0.25, 0.3) is 11.4 Å². The Labute approximate surface area is 183 Å². The molecule has 1 aliphatic heterocycles. The quantitative estimate of drug-likeness (QED) is 0.550. The van der Waals surface area contributed by atoms with E-state index in [2.05, 4.69) is 10.1 Å². The van der Waals surface area contributed by atoms with E-state index in [9.17, 15) is 9.18 Å². The first kappa shape index (κ1) is 21.1. The van der Waals surface area contributed by atoms with Crippen molar-refractivity contribution in [2.75, 3.05) is 20.8 Å². The number of hydrogen-bond donors (Lipinski definition) is 0. The number of aromatic nitrogens is 2. The van der Waals surface area contributed by atoms with Gasteiger partial charge in [-0.15, -0.1) is 0 Å². The standard InChI is InChI=1S/C22H21ClFN3O4/c1-12(13-5-7-18(29-2)19(9-13)30-3)27-11-15(10-20(27)28)22-25-21(26-31-22)14-4-6-16(23)17(24)8-14/h4-9,12,15H,10-11H2,1-3H3. The van der Waals surface area contributed by atoms with Gasteiger partial charge in [-0.25, -0.2) is 4.39 Å². The molecule has 0 saturated carbocycles. The first-order valence-corrected chi connectivity index (χ1v) is 10.1. The van der Waals surface area contributed by atoms with Crippen LogP contribution in [-0.4, -0.2) is 41.7 Å². The molecule has 4 rings (SSSR count). The molecule has 9 heteroatoms. The molecule has 1 saturated heterocycles. The van der Waals surface area contributed by atoms with Crippen molar-refractivity contribution in [2.24, 2.45) is 0 Å². The second-order valence-electron chi connectivity index (χ2n) is 7.32. The summed E-state index contributed by atoms with van der Waals surface area (Å²) < 4.78 is 29.8. The molecule has 0 N–H and O–H groups in total. The summed E-state index contributed by atoms with van der Waals surface area (Å²) in [5.74, 6) is 1.02. The number of nitrogens with zero attached hydrogens (tertiary/aromatic N) is 3. The van der Waals surface area contributed by atoms with Gasteiger partial charge < -0.3 is 18.9 Å². The molecular formula is C22H21ClFN3O4. The molecule has 3 aromatic rings. The largest absolute Gasteiger partial charge is 0.493 e. The summed E-state index contributed by atoms with van der Waals surface area (Å²) in [4.78, 5) is 18.9. The molecule has 1 aromatic heterocycles. The third-order valence-corrected chi connectivity index (χ3v) is 5.79. The van der Waals surface area contributed by atoms with E-state index in [0.29, 0.717) is 29.5 Å². The number of amides is 1. The highest BCUT2D eigenvalue weighted by Gasteiger charge is 2.37. The van der Waals surface area contributed by atoms with Crippen LogP contribution in [0.2, 0.25) is 5.02 Å². The minimum absolute atomic E-state index is 0.00966. The molecule has 0 radical (unpaired) electrons. The Morgan fingerprint density at radius 3 is 2.68 bits per heavy atom. The van der Waals surface area contributed by atoms with Gasteiger partial charge in [-0.1, -0.05) is 22.8 Å². The first-order chi connectivity index (χ1) is 14.9. The number of ether oxygens (including phenoxy) is 2. The van der Waals surface area contributed by atoms with E-state index in [4.69, 9.17) is 25.6 Å². The van der Waals surface area contributed by atoms with Crippen LogP contribution in [0.15, 0.2) is 40.9 Å². The van der Waals surface area contributed by atoms with Gasteiger partial charge in [-0.2, -0.15) is 4.98 Å². The molecule has 2 unspecified atom stereocenters. The third-order valence-electron chi connectivity index (χ3n) is 5.48. The molecule has 0 spiro atoms. The lowest BCUT2D eigenvalue weighted by Crippen LogP contribution is -2.28. The normalized spacial score (nSPS) is 17.1. The monoisotopic (exact) mass is 445 g/mol. The van der Waals surface area contributed by atoms with E-state index in [0.717, 1.165) is 5.56 Å². The van der Waals surface area contributed by atoms with Gasteiger partial charge in [0.15, 0.2) is 11.5 Å². The van der Waals surface area contributed by atoms with Crippen molar-refractivity contribution in [1.82, 2.24) is 15.0 Å². The molecule has 2 aromatic carbocycles. The molecule has 0 bridgehead atoms. The fourth-order valence-electron chi connectivity index (χ4n) is 3.72. The van der Waals surface area contributed by atoms with Gasteiger partial charge in [-0.3, -0.25) is 4.79 Å². The van der Waals surface area contributed by atoms with E-state index < -0.39 is 5.82 Å². The number of carbonyl (C=O) groups excluding carboxylic acids is 1. The zero-order valence-electron chi connectivity index (χ0n) is 17.3. The minimum atomic E-state index is -0.559. The Morgan fingerprint density at radius 2 is 1.97 bits per heavy atom. The lowest BCUT2D eigenvalue weighted by Gasteiger charge is -2.25. The summed E-state index contributed by atoms with van der Waals surface area (Å²) in [5, 5.41) is 3.96. The van der Waals surface area contributed by atoms with E-state index in [1.165, 1.54) is 12.1 Å². The highest BCUT2D eigenvalue weighted by molar-refractivity contribution is 6.30. The predicted molar refractivity (Wildman–Crippen MR) is 112 cm³/mol. The van der Waals surface area contributed by atoms with E-state index in [-0.39, 0.29) is 35.1 Å². The van der Waals surface area contributed by atoms with Crippen LogP contribution in [0.4, 0.5) is 4.39 Å². The van der Waals surface area contributed by atoms with Gasteiger partial charge in [0.2, 0.25) is 17.6 Å². The Bertz CT molecular complexity index is 1120. The SMILES string of the molecule is COc1ccc(C(C)N2CC(c3nc(-c4ccc(Cl)c(F)c4)no3)CC2=O)cc1OC. The smallest absolute Gasteiger partial charge is 0.232 e. The number of rotatable bonds is 6. The lowest BCUT2D eigenvalue weighted by atomic mass is 10.1. The van der Waals surface area contributed by atoms with Crippen LogP contribution in [0, 0.1) is 5.82 Å². The van der Waals surface area contributed by atoms with Crippen molar-refractivity contribution in [2.45, 2.75) is 25.3 Å². The molecule has 162 valence electrons. The Balaban J connectivity index is 1.52. The number of hydrogen-bond acceptors (Lipinski definition) is 6. The van der Waals surface area contributed by atoms with Crippen molar-refractivity contribution in [3.63, 3.8) is 0 Å². The van der Waals surface area contributed by atoms with Gasteiger partial charge in [0.1, 0.15) is 5.82 Å². The summed E-state index contributed by atoms with van der Waals surface area (Å²) in [6, 6.07) is 9.72. The number of methoxy groups -OCH3 is 2. The minimum Gasteiger partial charge on any atom is -0.493 e. The number of halogens is 2. The van der Waals surface area contributed by atoms with E-state index in [1.807, 2.05) is 25.1 Å². The van der Waals surface area contributed by atoms with Gasteiger partial charge in [0.25, 0.3) is 0 Å². The fourth-order valence-corrected chi connectivity index (χ4v) is 3.84. The summed E-state index contributed by atoms with van der Waals surface area (Å²) >= 11 is 5.73. The van der Waals surface area contributed by atoms with Crippen molar-refractivity contribution < 1.29 is 23.2 Å². The number of likely N-dealkylation sites (tertiary alicyclic amines) is 1. The zero-order chi connectivity index (χ0) is 22.1. The van der Waals surface area contributed by atoms with E-state index >= 15 is 0 Å². The first-order valence-electron chi connectivity index (χ1n) is 9.71. The second-order valence-corrected chi connectivity index (χ2v) is 7.73. The molecular weight excluding hydrogens is 425 g/mol. The Hall–Kier alpha value is -3.13. The topological polar surface area (TPSA) is 77.7 Å². The molecule has 1 aliphatic rings. The lowest BCUT2D eigenvalue weighted by molar-refractivity contribution is -0.129. The van der Waals surface area contributed by atoms with Gasteiger partial charge in [-0.05, 0) is 42.8 Å². The van der Waals surface area contributed by atoms with Crippen LogP contribution in [0.3, 0.4) is 0 Å². The second kappa shape index (κ2) is 8.55. The Kier molecular flexibility index (Phi) is 5.82. The highest BCUT2D eigenvalue weighted by atomic mass is 35.5. The van der Waals surface area contributed by atoms with Crippen molar-refractivity contribution in [1.29, 1.82) is 0 Å². The highest BCUT2D eigenvalue weighted by Crippen LogP contribution is 2.37. The average molecular weight is 446 g/mol. The predicted octanol–water partition coefficient (Wildman–Crippen LogP) is 4.62. The summed E-state index contributed by atoms with van der Waals surface area (Å²) in [6.45, 7) is 2.39.